The van der Waals surface area contributed by atoms with Gasteiger partial charge in [0.2, 0.25) is 11.6 Å². The number of hydrogen-bond acceptors (Lipinski definition) is 5. The minimum absolute atomic E-state index is 0.134. The highest BCUT2D eigenvalue weighted by Crippen LogP contribution is 2.36. The highest BCUT2D eigenvalue weighted by Gasteiger charge is 2.32. The number of benzene rings is 2. The maximum absolute atomic E-state index is 12.8. The van der Waals surface area contributed by atoms with Crippen molar-refractivity contribution in [1.82, 2.24) is 5.32 Å². The number of methoxy groups -OCH3 is 1. The minimum Gasteiger partial charge on any atom is -0.497 e. The van der Waals surface area contributed by atoms with Gasteiger partial charge in [-0.2, -0.15) is 0 Å². The number of carbonyl (C=O) groups excluding carboxylic acids is 2. The van der Waals surface area contributed by atoms with Crippen molar-refractivity contribution in [3.8, 4) is 5.75 Å². The van der Waals surface area contributed by atoms with Crippen LogP contribution in [0.4, 0.5) is 0 Å². The zero-order valence-corrected chi connectivity index (χ0v) is 13.6. The lowest BCUT2D eigenvalue weighted by atomic mass is 9.92. The molecule has 0 radical (unpaired) electrons. The van der Waals surface area contributed by atoms with Crippen molar-refractivity contribution in [2.24, 2.45) is 0 Å². The zero-order valence-electron chi connectivity index (χ0n) is 12.8. The number of ketones is 2. The molecule has 1 aliphatic rings. The Balaban J connectivity index is 2.01. The van der Waals surface area contributed by atoms with Crippen molar-refractivity contribution in [3.05, 3.63) is 70.3 Å². The second-order valence-corrected chi connectivity index (χ2v) is 6.02. The third-order valence-electron chi connectivity index (χ3n) is 3.61. The van der Waals surface area contributed by atoms with E-state index in [0.717, 1.165) is 10.6 Å². The Morgan fingerprint density at radius 3 is 2.09 bits per heavy atom. The molecule has 1 aliphatic carbocycles. The predicted octanol–water partition coefficient (Wildman–Crippen LogP) is 3.30. The molecule has 0 unspecified atom stereocenters. The summed E-state index contributed by atoms with van der Waals surface area (Å²) in [5.41, 5.74) is 1.24. The van der Waals surface area contributed by atoms with Gasteiger partial charge in [-0.15, -0.1) is 0 Å². The van der Waals surface area contributed by atoms with E-state index in [0.29, 0.717) is 21.7 Å². The summed E-state index contributed by atoms with van der Waals surface area (Å²) in [5.74, 6) is 0.456. The third-order valence-corrected chi connectivity index (χ3v) is 4.71. The van der Waals surface area contributed by atoms with Crippen LogP contribution in [-0.2, 0) is 0 Å². The van der Waals surface area contributed by atoms with Crippen LogP contribution >= 0.6 is 11.8 Å². The molecule has 0 saturated heterocycles. The number of allylic oxidation sites excluding steroid dienone is 2. The van der Waals surface area contributed by atoms with Gasteiger partial charge in [-0.1, -0.05) is 36.0 Å². The summed E-state index contributed by atoms with van der Waals surface area (Å²) < 4.78 is 5.13. The molecule has 0 spiro atoms. The molecule has 0 fully saturated rings. The number of likely N-dealkylation sites (N-methyl/N-ethyl adjacent to an activating group) is 1. The maximum atomic E-state index is 12.8. The summed E-state index contributed by atoms with van der Waals surface area (Å²) in [4.78, 5) is 26.6. The molecule has 0 bridgehead atoms. The zero-order chi connectivity index (χ0) is 16.4. The number of hydrogen-bond donors (Lipinski definition) is 1. The molecular formula is C18H15NO3S. The van der Waals surface area contributed by atoms with Gasteiger partial charge in [-0.05, 0) is 24.3 Å². The van der Waals surface area contributed by atoms with E-state index in [-0.39, 0.29) is 11.6 Å². The maximum Gasteiger partial charge on any atom is 0.210 e. The van der Waals surface area contributed by atoms with Gasteiger partial charge in [-0.3, -0.25) is 9.59 Å². The predicted molar refractivity (Wildman–Crippen MR) is 90.0 cm³/mol. The molecule has 0 atom stereocenters. The quantitative estimate of drug-likeness (QED) is 0.935. The first-order valence-electron chi connectivity index (χ1n) is 7.08. The average Bonchev–Trinajstić information content (AvgIpc) is 2.60. The van der Waals surface area contributed by atoms with Crippen molar-refractivity contribution in [2.75, 3.05) is 14.2 Å². The van der Waals surface area contributed by atoms with Gasteiger partial charge >= 0.3 is 0 Å². The van der Waals surface area contributed by atoms with E-state index in [1.54, 1.807) is 38.4 Å². The van der Waals surface area contributed by atoms with Crippen LogP contribution in [0.1, 0.15) is 20.7 Å². The summed E-state index contributed by atoms with van der Waals surface area (Å²) in [6, 6.07) is 14.3. The van der Waals surface area contributed by atoms with E-state index < -0.39 is 0 Å². The van der Waals surface area contributed by atoms with E-state index >= 15 is 0 Å². The first kappa shape index (κ1) is 15.4. The third kappa shape index (κ3) is 2.75. The number of fused-ring (bicyclic) bond motifs is 1. The van der Waals surface area contributed by atoms with Crippen LogP contribution in [0.2, 0.25) is 0 Å². The SMILES string of the molecule is CNC1=C(Sc2ccc(OC)cc2)C(=O)c2ccccc2C1=O. The van der Waals surface area contributed by atoms with Crippen LogP contribution in [0.3, 0.4) is 0 Å². The van der Waals surface area contributed by atoms with E-state index in [1.807, 2.05) is 24.3 Å². The van der Waals surface area contributed by atoms with Crippen molar-refractivity contribution in [3.63, 3.8) is 0 Å². The van der Waals surface area contributed by atoms with Gasteiger partial charge in [0, 0.05) is 23.1 Å². The molecule has 2 aromatic rings. The lowest BCUT2D eigenvalue weighted by molar-refractivity contribution is 0.0976. The lowest BCUT2D eigenvalue weighted by Crippen LogP contribution is -2.27. The molecule has 0 saturated carbocycles. The van der Waals surface area contributed by atoms with Crippen LogP contribution in [0.15, 0.2) is 64.0 Å². The van der Waals surface area contributed by atoms with E-state index in [1.165, 1.54) is 11.8 Å². The molecule has 0 aliphatic heterocycles. The number of rotatable bonds is 4. The van der Waals surface area contributed by atoms with E-state index in [4.69, 9.17) is 4.74 Å². The standard InChI is InChI=1S/C18H15NO3S/c1-19-15-16(20)13-5-3-4-6-14(13)17(21)18(15)23-12-9-7-11(22-2)8-10-12/h3-10,19H,1-2H3. The second kappa shape index (κ2) is 6.30. The van der Waals surface area contributed by atoms with Gasteiger partial charge in [-0.25, -0.2) is 0 Å². The van der Waals surface area contributed by atoms with Crippen molar-refractivity contribution in [2.45, 2.75) is 4.90 Å². The minimum atomic E-state index is -0.154. The summed E-state index contributed by atoms with van der Waals surface area (Å²) >= 11 is 1.28. The fourth-order valence-electron chi connectivity index (χ4n) is 2.44. The van der Waals surface area contributed by atoms with E-state index in [2.05, 4.69) is 5.32 Å². The second-order valence-electron chi connectivity index (χ2n) is 4.94. The molecule has 0 heterocycles. The Morgan fingerprint density at radius 2 is 1.52 bits per heavy atom. The molecule has 2 aromatic carbocycles. The van der Waals surface area contributed by atoms with Gasteiger partial charge in [0.05, 0.1) is 12.0 Å². The Labute approximate surface area is 138 Å². The number of carbonyl (C=O) groups is 2. The molecule has 1 N–H and O–H groups in total. The fourth-order valence-corrected chi connectivity index (χ4v) is 3.45. The number of ether oxygens (including phenoxy) is 1. The lowest BCUT2D eigenvalue weighted by Gasteiger charge is -2.20. The van der Waals surface area contributed by atoms with Crippen LogP contribution in [0, 0.1) is 0 Å². The summed E-state index contributed by atoms with van der Waals surface area (Å²) in [5, 5.41) is 2.88. The summed E-state index contributed by atoms with van der Waals surface area (Å²) in [6.45, 7) is 0. The largest absolute Gasteiger partial charge is 0.497 e. The fraction of sp³-hybridized carbons (Fsp3) is 0.111. The first-order chi connectivity index (χ1) is 11.2. The molecule has 5 heteroatoms. The highest BCUT2D eigenvalue weighted by molar-refractivity contribution is 8.04. The van der Waals surface area contributed by atoms with Crippen LogP contribution in [0.25, 0.3) is 0 Å². The van der Waals surface area contributed by atoms with Crippen molar-refractivity contribution < 1.29 is 14.3 Å². The Kier molecular flexibility index (Phi) is 4.21. The highest BCUT2D eigenvalue weighted by atomic mass is 32.2. The molecule has 23 heavy (non-hydrogen) atoms. The monoisotopic (exact) mass is 325 g/mol. The van der Waals surface area contributed by atoms with Crippen LogP contribution in [-0.4, -0.2) is 25.7 Å². The van der Waals surface area contributed by atoms with Crippen LogP contribution in [0.5, 0.6) is 5.75 Å². The normalized spacial score (nSPS) is 13.8. The number of thioether (sulfide) groups is 1. The average molecular weight is 325 g/mol. The van der Waals surface area contributed by atoms with Gasteiger partial charge in [0.15, 0.2) is 0 Å². The van der Waals surface area contributed by atoms with Crippen molar-refractivity contribution in [1.29, 1.82) is 0 Å². The first-order valence-corrected chi connectivity index (χ1v) is 7.89. The number of Topliss-reactive ketones (excluding diaryl/α,β-unsaturated/α-hetero) is 2. The molecule has 4 nitrogen and oxygen atoms in total. The Bertz CT molecular complexity index is 809. The van der Waals surface area contributed by atoms with E-state index in [9.17, 15) is 9.59 Å². The van der Waals surface area contributed by atoms with Crippen molar-refractivity contribution >= 4 is 23.3 Å². The smallest absolute Gasteiger partial charge is 0.210 e. The Hall–Kier alpha value is -2.53. The van der Waals surface area contributed by atoms with Gasteiger partial charge in [0.25, 0.3) is 0 Å². The molecule has 3 rings (SSSR count). The van der Waals surface area contributed by atoms with Crippen LogP contribution < -0.4 is 10.1 Å². The topological polar surface area (TPSA) is 55.4 Å². The number of nitrogens with one attached hydrogen (secondary N) is 1. The Morgan fingerprint density at radius 1 is 0.913 bits per heavy atom. The molecule has 116 valence electrons. The molecule has 0 amide bonds. The molecular weight excluding hydrogens is 310 g/mol. The summed E-state index contributed by atoms with van der Waals surface area (Å²) in [6.07, 6.45) is 0. The molecule has 0 aromatic heterocycles. The van der Waals surface area contributed by atoms with Gasteiger partial charge in [0.1, 0.15) is 11.4 Å². The summed E-state index contributed by atoms with van der Waals surface area (Å²) in [7, 11) is 3.26. The van der Waals surface area contributed by atoms with Gasteiger partial charge < -0.3 is 10.1 Å².